The van der Waals surface area contributed by atoms with Gasteiger partial charge < -0.3 is 25.5 Å². The Hall–Kier alpha value is -0.440. The molecular formula is C8H14O6S. The van der Waals surface area contributed by atoms with Crippen LogP contribution in [0.2, 0.25) is 0 Å². The van der Waals surface area contributed by atoms with Gasteiger partial charge in [0.05, 0.1) is 11.5 Å². The molecule has 15 heavy (non-hydrogen) atoms. The van der Waals surface area contributed by atoms with Crippen molar-refractivity contribution in [2.75, 3.05) is 6.61 Å². The van der Waals surface area contributed by atoms with Gasteiger partial charge in [0, 0.05) is 0 Å². The molecule has 6 nitrogen and oxygen atoms in total. The molecule has 7 heteroatoms. The second-order valence-corrected chi connectivity index (χ2v) is 3.54. The molecule has 0 aliphatic carbocycles. The Balaban J connectivity index is 4.50. The average molecular weight is 238 g/mol. The number of Topliss-reactive ketones (excluding diaryl/α,β-unsaturated/α-hetero) is 1. The van der Waals surface area contributed by atoms with Crippen molar-refractivity contribution in [3.05, 3.63) is 0 Å². The third-order valence-electron chi connectivity index (χ3n) is 1.87. The van der Waals surface area contributed by atoms with E-state index in [1.54, 1.807) is 0 Å². The first-order valence-corrected chi connectivity index (χ1v) is 4.61. The lowest BCUT2D eigenvalue weighted by Gasteiger charge is -2.25. The molecule has 0 rings (SSSR count). The zero-order valence-electron chi connectivity index (χ0n) is 8.07. The van der Waals surface area contributed by atoms with Crippen molar-refractivity contribution in [3.8, 4) is 0 Å². The van der Waals surface area contributed by atoms with Crippen molar-refractivity contribution in [2.45, 2.75) is 31.3 Å². The third kappa shape index (κ3) is 3.90. The van der Waals surface area contributed by atoms with E-state index in [0.717, 1.165) is 6.92 Å². The molecule has 0 radical (unpaired) electrons. The van der Waals surface area contributed by atoms with E-state index >= 15 is 0 Å². The van der Waals surface area contributed by atoms with Crippen LogP contribution in [0.3, 0.4) is 0 Å². The number of hydrogen-bond donors (Lipinski definition) is 5. The van der Waals surface area contributed by atoms with Crippen molar-refractivity contribution in [1.82, 2.24) is 0 Å². The average Bonchev–Trinajstić information content (AvgIpc) is 2.23. The lowest BCUT2D eigenvalue weighted by atomic mass is 10.00. The first kappa shape index (κ1) is 14.6. The fourth-order valence-corrected chi connectivity index (χ4v) is 1.03. The van der Waals surface area contributed by atoms with Crippen molar-refractivity contribution < 1.29 is 30.3 Å². The smallest absolute Gasteiger partial charge is 0.169 e. The van der Waals surface area contributed by atoms with E-state index in [0.29, 0.717) is 0 Å². The summed E-state index contributed by atoms with van der Waals surface area (Å²) in [5.41, 5.74) is 0. The lowest BCUT2D eigenvalue weighted by molar-refractivity contribution is -0.114. The highest BCUT2D eigenvalue weighted by Gasteiger charge is 2.33. The van der Waals surface area contributed by atoms with Gasteiger partial charge in [-0.1, -0.05) is 12.2 Å². The Morgan fingerprint density at radius 2 is 1.67 bits per heavy atom. The second-order valence-electron chi connectivity index (χ2n) is 3.10. The summed E-state index contributed by atoms with van der Waals surface area (Å²) in [7, 11) is 0. The fraction of sp³-hybridized carbons (Fsp3) is 0.750. The minimum Gasteiger partial charge on any atom is -0.394 e. The van der Waals surface area contributed by atoms with Crippen molar-refractivity contribution in [3.63, 3.8) is 0 Å². The van der Waals surface area contributed by atoms with Crippen LogP contribution in [-0.4, -0.2) is 67.2 Å². The maximum absolute atomic E-state index is 10.7. The molecular weight excluding hydrogens is 224 g/mol. The largest absolute Gasteiger partial charge is 0.394 e. The van der Waals surface area contributed by atoms with Gasteiger partial charge in [-0.15, -0.1) is 0 Å². The van der Waals surface area contributed by atoms with Gasteiger partial charge in [-0.25, -0.2) is 0 Å². The third-order valence-corrected chi connectivity index (χ3v) is 2.40. The van der Waals surface area contributed by atoms with E-state index in [4.69, 9.17) is 10.2 Å². The van der Waals surface area contributed by atoms with Gasteiger partial charge in [0.25, 0.3) is 0 Å². The van der Waals surface area contributed by atoms with Crippen LogP contribution in [0.1, 0.15) is 6.92 Å². The predicted molar refractivity (Wildman–Crippen MR) is 54.4 cm³/mol. The summed E-state index contributed by atoms with van der Waals surface area (Å²) in [5, 5.41) is 45.2. The number of hydrogen-bond acceptors (Lipinski definition) is 7. The summed E-state index contributed by atoms with van der Waals surface area (Å²) in [6.07, 6.45) is -6.94. The normalized spacial score (nSPS) is 19.1. The number of aliphatic hydroxyl groups is 5. The van der Waals surface area contributed by atoms with E-state index in [1.807, 2.05) is 0 Å². The first-order valence-electron chi connectivity index (χ1n) is 4.20. The molecule has 0 fully saturated rings. The Bertz CT molecular complexity index is 243. The van der Waals surface area contributed by atoms with Crippen LogP contribution in [-0.2, 0) is 4.79 Å². The van der Waals surface area contributed by atoms with Gasteiger partial charge in [0.1, 0.15) is 24.4 Å². The van der Waals surface area contributed by atoms with Gasteiger partial charge in [0.2, 0.25) is 0 Å². The highest BCUT2D eigenvalue weighted by molar-refractivity contribution is 7.82. The van der Waals surface area contributed by atoms with E-state index in [2.05, 4.69) is 12.2 Å². The molecule has 0 saturated carbocycles. The molecule has 0 aromatic rings. The molecule has 0 aliphatic heterocycles. The highest BCUT2D eigenvalue weighted by atomic mass is 32.1. The SMILES string of the molecule is CC(=O)C(=S)C(O)C(O)C(O)C(O)CO. The lowest BCUT2D eigenvalue weighted by Crippen LogP contribution is -2.49. The number of carbonyl (C=O) groups is 1. The summed E-state index contributed by atoms with van der Waals surface area (Å²) >= 11 is 4.50. The standard InChI is InChI=1S/C8H14O6S/c1-3(10)8(15)7(14)6(13)5(12)4(11)2-9/h4-7,9,11-14H,2H2,1H3. The van der Waals surface area contributed by atoms with Crippen LogP contribution >= 0.6 is 12.2 Å². The van der Waals surface area contributed by atoms with Crippen molar-refractivity contribution >= 4 is 22.9 Å². The van der Waals surface area contributed by atoms with Crippen LogP contribution in [0.5, 0.6) is 0 Å². The number of ketones is 1. The maximum Gasteiger partial charge on any atom is 0.169 e. The molecule has 0 amide bonds. The fourth-order valence-electron chi connectivity index (χ4n) is 0.886. The minimum absolute atomic E-state index is 0.438. The van der Waals surface area contributed by atoms with Gasteiger partial charge in [-0.3, -0.25) is 4.79 Å². The van der Waals surface area contributed by atoms with E-state index < -0.39 is 41.7 Å². The second kappa shape index (κ2) is 6.21. The number of thiocarbonyl (C=S) groups is 1. The highest BCUT2D eigenvalue weighted by Crippen LogP contribution is 2.07. The van der Waals surface area contributed by atoms with Gasteiger partial charge in [-0.05, 0) is 6.92 Å². The predicted octanol–water partition coefficient (Wildman–Crippen LogP) is -2.62. The zero-order valence-corrected chi connectivity index (χ0v) is 8.89. The Morgan fingerprint density at radius 1 is 1.20 bits per heavy atom. The minimum atomic E-state index is -1.82. The number of aliphatic hydroxyl groups excluding tert-OH is 5. The van der Waals surface area contributed by atoms with Gasteiger partial charge >= 0.3 is 0 Å². The molecule has 88 valence electrons. The maximum atomic E-state index is 10.7. The van der Waals surface area contributed by atoms with Crippen LogP contribution < -0.4 is 0 Å². The van der Waals surface area contributed by atoms with E-state index in [-0.39, 0.29) is 0 Å². The Labute approximate surface area is 91.8 Å². The van der Waals surface area contributed by atoms with Gasteiger partial charge in [-0.2, -0.15) is 0 Å². The number of rotatable bonds is 6. The quantitative estimate of drug-likeness (QED) is 0.321. The van der Waals surface area contributed by atoms with E-state index in [9.17, 15) is 20.1 Å². The molecule has 0 spiro atoms. The topological polar surface area (TPSA) is 118 Å². The summed E-state index contributed by atoms with van der Waals surface area (Å²) in [4.78, 5) is 10.3. The van der Waals surface area contributed by atoms with E-state index in [1.165, 1.54) is 0 Å². The molecule has 4 atom stereocenters. The first-order chi connectivity index (χ1) is 6.82. The Morgan fingerprint density at radius 3 is 2.00 bits per heavy atom. The van der Waals surface area contributed by atoms with Crippen LogP contribution in [0.25, 0.3) is 0 Å². The molecule has 0 bridgehead atoms. The molecule has 0 aromatic heterocycles. The Kier molecular flexibility index (Phi) is 6.03. The molecule has 5 N–H and O–H groups in total. The summed E-state index contributed by atoms with van der Waals surface area (Å²) in [6, 6.07) is 0. The molecule has 0 aromatic carbocycles. The van der Waals surface area contributed by atoms with Crippen LogP contribution in [0, 0.1) is 0 Å². The number of carbonyl (C=O) groups excluding carboxylic acids is 1. The molecule has 0 aliphatic rings. The monoisotopic (exact) mass is 238 g/mol. The van der Waals surface area contributed by atoms with Gasteiger partial charge in [0.15, 0.2) is 5.78 Å². The summed E-state index contributed by atoms with van der Waals surface area (Å²) in [5.74, 6) is -0.609. The van der Waals surface area contributed by atoms with Crippen molar-refractivity contribution in [1.29, 1.82) is 0 Å². The summed E-state index contributed by atoms with van der Waals surface area (Å²) < 4.78 is 0. The van der Waals surface area contributed by atoms with Crippen molar-refractivity contribution in [2.24, 2.45) is 0 Å². The summed E-state index contributed by atoms with van der Waals surface area (Å²) in [6.45, 7) is 0.324. The zero-order chi connectivity index (χ0) is 12.2. The molecule has 4 unspecified atom stereocenters. The molecule has 0 saturated heterocycles. The van der Waals surface area contributed by atoms with Crippen LogP contribution in [0.4, 0.5) is 0 Å². The van der Waals surface area contributed by atoms with Crippen LogP contribution in [0.15, 0.2) is 0 Å². The molecule has 0 heterocycles.